The molecule has 0 saturated carbocycles. The molecule has 206 valence electrons. The Morgan fingerprint density at radius 3 is 2.46 bits per heavy atom. The molecule has 2 heterocycles. The van der Waals surface area contributed by atoms with Crippen molar-refractivity contribution in [1.82, 2.24) is 15.2 Å². The lowest BCUT2D eigenvalue weighted by Crippen LogP contribution is -2.46. The zero-order valence-electron chi connectivity index (χ0n) is 22.5. The Kier molecular flexibility index (Phi) is 10.1. The SMILES string of the molecule is C=C(C(=O)NCCCCN1CCN(c2cccc(CC)c2O)CC1)N(c1ccccn1)S(=O)c1ccccc1. The number of hydrogen-bond acceptors (Lipinski definition) is 6. The van der Waals surface area contributed by atoms with Crippen LogP contribution in [0.2, 0.25) is 0 Å². The molecule has 0 spiro atoms. The van der Waals surface area contributed by atoms with Crippen molar-refractivity contribution in [3.05, 3.63) is 90.8 Å². The second-order valence-corrected chi connectivity index (χ2v) is 10.8. The number of pyridine rings is 1. The van der Waals surface area contributed by atoms with Crippen molar-refractivity contribution in [3.8, 4) is 5.75 Å². The molecule has 1 aliphatic heterocycles. The van der Waals surface area contributed by atoms with Gasteiger partial charge in [-0.2, -0.15) is 0 Å². The van der Waals surface area contributed by atoms with Crippen LogP contribution in [0.5, 0.6) is 5.75 Å². The van der Waals surface area contributed by atoms with Gasteiger partial charge in [0.15, 0.2) is 11.0 Å². The summed E-state index contributed by atoms with van der Waals surface area (Å²) in [5.74, 6) is 0.432. The first kappa shape index (κ1) is 28.3. The minimum absolute atomic E-state index is 0.0856. The number of hydrogen-bond donors (Lipinski definition) is 2. The molecule has 2 N–H and O–H groups in total. The monoisotopic (exact) mass is 547 g/mol. The van der Waals surface area contributed by atoms with Crippen LogP contribution >= 0.6 is 0 Å². The lowest BCUT2D eigenvalue weighted by Gasteiger charge is -2.36. The highest BCUT2D eigenvalue weighted by molar-refractivity contribution is 7.86. The highest BCUT2D eigenvalue weighted by atomic mass is 32.2. The number of rotatable bonds is 12. The first-order valence-corrected chi connectivity index (χ1v) is 14.5. The summed E-state index contributed by atoms with van der Waals surface area (Å²) < 4.78 is 14.7. The van der Waals surface area contributed by atoms with Gasteiger partial charge < -0.3 is 15.3 Å². The maximum Gasteiger partial charge on any atom is 0.268 e. The minimum Gasteiger partial charge on any atom is -0.505 e. The zero-order valence-corrected chi connectivity index (χ0v) is 23.3. The number of carbonyl (C=O) groups excluding carboxylic acids is 1. The van der Waals surface area contributed by atoms with E-state index in [-0.39, 0.29) is 11.6 Å². The summed E-state index contributed by atoms with van der Waals surface area (Å²) in [6.07, 6.45) is 4.18. The van der Waals surface area contributed by atoms with Crippen molar-refractivity contribution >= 4 is 28.4 Å². The first-order valence-electron chi connectivity index (χ1n) is 13.4. The van der Waals surface area contributed by atoms with E-state index in [0.717, 1.165) is 63.2 Å². The highest BCUT2D eigenvalue weighted by Gasteiger charge is 2.25. The zero-order chi connectivity index (χ0) is 27.6. The quantitative estimate of drug-likeness (QED) is 0.262. The van der Waals surface area contributed by atoms with Crippen molar-refractivity contribution in [3.63, 3.8) is 0 Å². The second kappa shape index (κ2) is 13.9. The molecule has 1 atom stereocenters. The van der Waals surface area contributed by atoms with Gasteiger partial charge in [-0.1, -0.05) is 49.9 Å². The molecule has 9 heteroatoms. The summed E-state index contributed by atoms with van der Waals surface area (Å²) >= 11 is 0. The van der Waals surface area contributed by atoms with E-state index in [1.54, 1.807) is 48.7 Å². The number of anilines is 2. The molecular formula is C30H37N5O3S. The van der Waals surface area contributed by atoms with Crippen molar-refractivity contribution in [2.24, 2.45) is 0 Å². The standard InChI is InChI=1S/C30H37N5O3S/c1-3-25-12-11-15-27(29(25)36)34-22-20-33(21-23-34)19-10-9-18-32-30(37)24(2)35(28-16-7-8-17-31-28)39(38)26-13-5-4-6-14-26/h4-8,11-17,36H,2-3,9-10,18-23H2,1H3,(H,32,37). The van der Waals surface area contributed by atoms with E-state index in [0.29, 0.717) is 23.0 Å². The van der Waals surface area contributed by atoms with E-state index in [1.165, 1.54) is 4.31 Å². The van der Waals surface area contributed by atoms with Gasteiger partial charge in [0.25, 0.3) is 5.91 Å². The van der Waals surface area contributed by atoms with Crippen LogP contribution in [0.25, 0.3) is 0 Å². The number of piperazine rings is 1. The average molecular weight is 548 g/mol. The number of aromatic hydroxyl groups is 1. The number of phenolic OH excluding ortho intramolecular Hbond substituents is 1. The topological polar surface area (TPSA) is 89.0 Å². The molecule has 1 fully saturated rings. The number of para-hydroxylation sites is 1. The fourth-order valence-corrected chi connectivity index (χ4v) is 5.79. The van der Waals surface area contributed by atoms with E-state index in [2.05, 4.69) is 33.6 Å². The number of phenols is 1. The normalized spacial score (nSPS) is 14.5. The summed E-state index contributed by atoms with van der Waals surface area (Å²) in [6, 6.07) is 20.2. The molecule has 39 heavy (non-hydrogen) atoms. The Hall–Kier alpha value is -3.69. The maximum atomic E-state index is 13.3. The van der Waals surface area contributed by atoms with Crippen LogP contribution in [-0.2, 0) is 22.2 Å². The molecule has 1 unspecified atom stereocenters. The minimum atomic E-state index is -1.67. The number of carbonyl (C=O) groups is 1. The van der Waals surface area contributed by atoms with Gasteiger partial charge in [0.05, 0.1) is 10.6 Å². The number of unbranched alkanes of at least 4 members (excludes halogenated alkanes) is 1. The molecule has 0 aliphatic carbocycles. The van der Waals surface area contributed by atoms with Gasteiger partial charge in [-0.25, -0.2) is 13.5 Å². The third-order valence-corrected chi connectivity index (χ3v) is 8.27. The molecule has 1 saturated heterocycles. The van der Waals surface area contributed by atoms with Crippen LogP contribution in [0.4, 0.5) is 11.5 Å². The largest absolute Gasteiger partial charge is 0.505 e. The number of nitrogens with zero attached hydrogens (tertiary/aromatic N) is 4. The Balaban J connectivity index is 1.23. The Bertz CT molecular complexity index is 1260. The molecule has 0 bridgehead atoms. The Morgan fingerprint density at radius 2 is 1.77 bits per heavy atom. The summed E-state index contributed by atoms with van der Waals surface area (Å²) in [5.41, 5.74) is 1.99. The van der Waals surface area contributed by atoms with Crippen molar-refractivity contribution in [2.75, 3.05) is 48.5 Å². The third kappa shape index (κ3) is 7.25. The predicted octanol–water partition coefficient (Wildman–Crippen LogP) is 4.11. The van der Waals surface area contributed by atoms with Gasteiger partial charge in [-0.15, -0.1) is 0 Å². The molecule has 1 aliphatic rings. The molecule has 3 aromatic rings. The molecule has 4 rings (SSSR count). The lowest BCUT2D eigenvalue weighted by atomic mass is 10.1. The van der Waals surface area contributed by atoms with E-state index in [4.69, 9.17) is 0 Å². The number of aromatic nitrogens is 1. The number of aryl methyl sites for hydroxylation is 1. The van der Waals surface area contributed by atoms with Crippen LogP contribution in [0.3, 0.4) is 0 Å². The molecule has 1 aromatic heterocycles. The first-order chi connectivity index (χ1) is 19.0. The fourth-order valence-electron chi connectivity index (χ4n) is 4.63. The molecule has 0 radical (unpaired) electrons. The van der Waals surface area contributed by atoms with Gasteiger partial charge >= 0.3 is 0 Å². The van der Waals surface area contributed by atoms with E-state index in [9.17, 15) is 14.1 Å². The van der Waals surface area contributed by atoms with Gasteiger partial charge in [-0.3, -0.25) is 9.69 Å². The highest BCUT2D eigenvalue weighted by Crippen LogP contribution is 2.31. The molecule has 8 nitrogen and oxygen atoms in total. The van der Waals surface area contributed by atoms with Gasteiger partial charge in [-0.05, 0) is 61.7 Å². The van der Waals surface area contributed by atoms with Crippen LogP contribution < -0.4 is 14.5 Å². The van der Waals surface area contributed by atoms with Crippen molar-refractivity contribution in [2.45, 2.75) is 31.1 Å². The number of nitrogens with one attached hydrogen (secondary N) is 1. The van der Waals surface area contributed by atoms with Crippen molar-refractivity contribution < 1.29 is 14.1 Å². The summed E-state index contributed by atoms with van der Waals surface area (Å²) in [7, 11) is -1.67. The van der Waals surface area contributed by atoms with Crippen LogP contribution in [0.15, 0.2) is 90.1 Å². The van der Waals surface area contributed by atoms with Crippen molar-refractivity contribution in [1.29, 1.82) is 0 Å². The van der Waals surface area contributed by atoms with Gasteiger partial charge in [0, 0.05) is 38.9 Å². The fraction of sp³-hybridized carbons (Fsp3) is 0.333. The van der Waals surface area contributed by atoms with E-state index < -0.39 is 11.0 Å². The van der Waals surface area contributed by atoms with Crippen LogP contribution in [0, 0.1) is 0 Å². The van der Waals surface area contributed by atoms with Gasteiger partial charge in [0.1, 0.15) is 17.3 Å². The molecule has 1 amide bonds. The van der Waals surface area contributed by atoms with E-state index >= 15 is 0 Å². The summed E-state index contributed by atoms with van der Waals surface area (Å²) in [5, 5.41) is 13.5. The second-order valence-electron chi connectivity index (χ2n) is 9.42. The summed E-state index contributed by atoms with van der Waals surface area (Å²) in [4.78, 5) is 22.5. The number of amides is 1. The van der Waals surface area contributed by atoms with E-state index in [1.807, 2.05) is 24.3 Å². The maximum absolute atomic E-state index is 13.3. The Labute approximate surface area is 233 Å². The van der Waals surface area contributed by atoms with Gasteiger partial charge in [0.2, 0.25) is 0 Å². The number of benzene rings is 2. The smallest absolute Gasteiger partial charge is 0.268 e. The third-order valence-electron chi connectivity index (χ3n) is 6.85. The molecule has 2 aromatic carbocycles. The lowest BCUT2D eigenvalue weighted by molar-refractivity contribution is -0.117. The molecular weight excluding hydrogens is 510 g/mol. The average Bonchev–Trinajstić information content (AvgIpc) is 2.98. The predicted molar refractivity (Wildman–Crippen MR) is 157 cm³/mol. The van der Waals surface area contributed by atoms with Crippen LogP contribution in [0.1, 0.15) is 25.3 Å². The Morgan fingerprint density at radius 1 is 1.03 bits per heavy atom. The van der Waals surface area contributed by atoms with Crippen LogP contribution in [-0.4, -0.2) is 64.4 Å². The summed E-state index contributed by atoms with van der Waals surface area (Å²) in [6.45, 7) is 11.1.